The molecule has 0 radical (unpaired) electrons. The monoisotopic (exact) mass is 360 g/mol. The Hall–Kier alpha value is -1.96. The van der Waals surface area contributed by atoms with Crippen molar-refractivity contribution in [1.29, 1.82) is 0 Å². The summed E-state index contributed by atoms with van der Waals surface area (Å²) in [6.07, 6.45) is -0.0387. The predicted molar refractivity (Wildman–Crippen MR) is 95.8 cm³/mol. The molecule has 0 aliphatic heterocycles. The minimum atomic E-state index is -0.842. The summed E-state index contributed by atoms with van der Waals surface area (Å²) in [7, 11) is 0. The molecule has 0 saturated heterocycles. The summed E-state index contributed by atoms with van der Waals surface area (Å²) in [5, 5.41) is 13.4. The van der Waals surface area contributed by atoms with E-state index in [1.807, 2.05) is 33.4 Å². The molecule has 4 nitrogen and oxygen atoms in total. The zero-order valence-electron chi connectivity index (χ0n) is 12.1. The molecule has 116 valence electrons. The summed E-state index contributed by atoms with van der Waals surface area (Å²) in [5.41, 5.74) is 2.60. The van der Waals surface area contributed by atoms with Crippen LogP contribution < -0.4 is 0 Å². The predicted octanol–water partition coefficient (Wildman–Crippen LogP) is 4.79. The van der Waals surface area contributed by atoms with E-state index in [9.17, 15) is 9.90 Å². The highest BCUT2D eigenvalue weighted by atomic mass is 32.1. The number of aliphatic carboxylic acids is 1. The van der Waals surface area contributed by atoms with Crippen LogP contribution in [-0.4, -0.2) is 20.5 Å². The van der Waals surface area contributed by atoms with Gasteiger partial charge in [-0.2, -0.15) is 0 Å². The van der Waals surface area contributed by atoms with E-state index in [-0.39, 0.29) is 6.42 Å². The van der Waals surface area contributed by atoms with Crippen LogP contribution in [-0.2, 0) is 11.2 Å². The Bertz CT molecular complexity index is 979. The van der Waals surface area contributed by atoms with E-state index in [4.69, 9.17) is 4.98 Å². The van der Waals surface area contributed by atoms with Crippen LogP contribution in [0.2, 0.25) is 0 Å². The van der Waals surface area contributed by atoms with E-state index >= 15 is 0 Å². The number of fused-ring (bicyclic) bond motifs is 1. The maximum Gasteiger partial charge on any atom is 0.309 e. The van der Waals surface area contributed by atoms with Crippen LogP contribution in [0, 0.1) is 6.92 Å². The van der Waals surface area contributed by atoms with Crippen molar-refractivity contribution in [3.8, 4) is 21.1 Å². The van der Waals surface area contributed by atoms with Crippen molar-refractivity contribution in [2.24, 2.45) is 0 Å². The van der Waals surface area contributed by atoms with Gasteiger partial charge in [0.25, 0.3) is 0 Å². The molecule has 23 heavy (non-hydrogen) atoms. The Balaban J connectivity index is 2.04. The molecule has 0 bridgehead atoms. The van der Waals surface area contributed by atoms with Gasteiger partial charge in [-0.25, -0.2) is 4.98 Å². The summed E-state index contributed by atoms with van der Waals surface area (Å²) >= 11 is 4.85. The smallest absolute Gasteiger partial charge is 0.309 e. The molecule has 7 heteroatoms. The van der Waals surface area contributed by atoms with Crippen molar-refractivity contribution in [1.82, 2.24) is 9.38 Å². The van der Waals surface area contributed by atoms with Crippen molar-refractivity contribution in [3.05, 3.63) is 45.6 Å². The Morgan fingerprint density at radius 1 is 1.22 bits per heavy atom. The first kappa shape index (κ1) is 14.6. The minimum Gasteiger partial charge on any atom is -0.481 e. The van der Waals surface area contributed by atoms with E-state index in [1.54, 1.807) is 34.0 Å². The lowest BCUT2D eigenvalue weighted by molar-refractivity contribution is -0.136. The molecule has 4 aromatic heterocycles. The second-order valence-corrected chi connectivity index (χ2v) is 8.13. The van der Waals surface area contributed by atoms with Gasteiger partial charge in [-0.15, -0.1) is 34.0 Å². The highest BCUT2D eigenvalue weighted by Crippen LogP contribution is 2.38. The van der Waals surface area contributed by atoms with Gasteiger partial charge in [0, 0.05) is 4.88 Å². The van der Waals surface area contributed by atoms with Crippen LogP contribution >= 0.6 is 34.0 Å². The number of thiazole rings is 1. The fourth-order valence-corrected chi connectivity index (χ4v) is 5.31. The number of carboxylic acid groups (broad SMARTS) is 1. The maximum absolute atomic E-state index is 11.4. The first-order valence-electron chi connectivity index (χ1n) is 6.95. The van der Waals surface area contributed by atoms with E-state index in [0.717, 1.165) is 36.7 Å². The van der Waals surface area contributed by atoms with Gasteiger partial charge in [0.2, 0.25) is 0 Å². The van der Waals surface area contributed by atoms with Gasteiger partial charge in [0.15, 0.2) is 4.96 Å². The highest BCUT2D eigenvalue weighted by Gasteiger charge is 2.23. The number of imidazole rings is 1. The number of nitrogens with zero attached hydrogens (tertiary/aromatic N) is 2. The standard InChI is InChI=1S/C16H12N2O2S3/c1-9-15(12-5-3-7-22-12)18-10(8-13(19)20)14(17-16(18)23-9)11-4-2-6-21-11/h2-7H,8H2,1H3,(H,19,20). The number of hydrogen-bond acceptors (Lipinski definition) is 5. The Labute approximate surface area is 144 Å². The van der Waals surface area contributed by atoms with Crippen LogP contribution in [0.4, 0.5) is 0 Å². The average Bonchev–Trinajstić information content (AvgIpc) is 3.23. The second-order valence-electron chi connectivity index (χ2n) is 5.06. The Kier molecular flexibility index (Phi) is 3.56. The number of rotatable bonds is 4. The third-order valence-electron chi connectivity index (χ3n) is 3.57. The molecular formula is C16H12N2O2S3. The Morgan fingerprint density at radius 2 is 1.91 bits per heavy atom. The van der Waals surface area contributed by atoms with Gasteiger partial charge < -0.3 is 5.11 Å². The van der Waals surface area contributed by atoms with Crippen LogP contribution in [0.1, 0.15) is 10.6 Å². The molecule has 0 aliphatic rings. The molecule has 4 aromatic rings. The first-order chi connectivity index (χ1) is 11.1. The molecule has 0 saturated carbocycles. The number of hydrogen-bond donors (Lipinski definition) is 1. The number of carboxylic acids is 1. The topological polar surface area (TPSA) is 54.6 Å². The summed E-state index contributed by atoms with van der Waals surface area (Å²) in [5.74, 6) is -0.842. The summed E-state index contributed by atoms with van der Waals surface area (Å²) < 4.78 is 2.02. The fourth-order valence-electron chi connectivity index (χ4n) is 2.69. The lowest BCUT2D eigenvalue weighted by Crippen LogP contribution is -2.05. The van der Waals surface area contributed by atoms with Crippen molar-refractivity contribution >= 4 is 44.9 Å². The van der Waals surface area contributed by atoms with Crippen LogP contribution in [0.3, 0.4) is 0 Å². The molecule has 0 fully saturated rings. The quantitative estimate of drug-likeness (QED) is 0.569. The molecule has 0 amide bonds. The van der Waals surface area contributed by atoms with Crippen molar-refractivity contribution in [3.63, 3.8) is 0 Å². The number of thiophene rings is 2. The van der Waals surface area contributed by atoms with Crippen LogP contribution in [0.5, 0.6) is 0 Å². The van der Waals surface area contributed by atoms with Gasteiger partial charge >= 0.3 is 5.97 Å². The Morgan fingerprint density at radius 3 is 2.52 bits per heavy atom. The highest BCUT2D eigenvalue weighted by molar-refractivity contribution is 7.18. The molecule has 1 N–H and O–H groups in total. The van der Waals surface area contributed by atoms with Gasteiger partial charge in [-0.1, -0.05) is 12.1 Å². The van der Waals surface area contributed by atoms with E-state index in [1.165, 1.54) is 0 Å². The lowest BCUT2D eigenvalue weighted by Gasteiger charge is -2.04. The fraction of sp³-hybridized carbons (Fsp3) is 0.125. The molecule has 0 spiro atoms. The van der Waals surface area contributed by atoms with Gasteiger partial charge in [-0.05, 0) is 29.8 Å². The summed E-state index contributed by atoms with van der Waals surface area (Å²) in [6, 6.07) is 8.02. The third-order valence-corrected chi connectivity index (χ3v) is 6.28. The van der Waals surface area contributed by atoms with Gasteiger partial charge in [-0.3, -0.25) is 9.20 Å². The van der Waals surface area contributed by atoms with Crippen LogP contribution in [0.15, 0.2) is 35.0 Å². The van der Waals surface area contributed by atoms with Crippen LogP contribution in [0.25, 0.3) is 26.1 Å². The second kappa shape index (κ2) is 5.59. The first-order valence-corrected chi connectivity index (χ1v) is 9.53. The molecule has 0 aromatic carbocycles. The molecule has 4 heterocycles. The minimum absolute atomic E-state index is 0.0387. The largest absolute Gasteiger partial charge is 0.481 e. The molecular weight excluding hydrogens is 348 g/mol. The van der Waals surface area contributed by atoms with Gasteiger partial charge in [0.1, 0.15) is 5.69 Å². The van der Waals surface area contributed by atoms with E-state index < -0.39 is 5.97 Å². The number of carbonyl (C=O) groups is 1. The molecule has 4 rings (SSSR count). The summed E-state index contributed by atoms with van der Waals surface area (Å²) in [4.78, 5) is 20.3. The number of aromatic nitrogens is 2. The molecule has 0 unspecified atom stereocenters. The zero-order chi connectivity index (χ0) is 16.0. The van der Waals surface area contributed by atoms with Crippen molar-refractivity contribution in [2.45, 2.75) is 13.3 Å². The van der Waals surface area contributed by atoms with Gasteiger partial charge in [0.05, 0.1) is 27.6 Å². The normalized spacial score (nSPS) is 11.3. The SMILES string of the molecule is Cc1sc2nc(-c3cccs3)c(CC(=O)O)n2c1-c1cccs1. The maximum atomic E-state index is 11.4. The van der Waals surface area contributed by atoms with Crippen molar-refractivity contribution < 1.29 is 9.90 Å². The van der Waals surface area contributed by atoms with E-state index in [0.29, 0.717) is 0 Å². The molecule has 0 atom stereocenters. The lowest BCUT2D eigenvalue weighted by atomic mass is 10.2. The van der Waals surface area contributed by atoms with Crippen molar-refractivity contribution in [2.75, 3.05) is 0 Å². The zero-order valence-corrected chi connectivity index (χ0v) is 14.6. The average molecular weight is 360 g/mol. The number of aryl methyl sites for hydroxylation is 1. The summed E-state index contributed by atoms with van der Waals surface area (Å²) in [6.45, 7) is 2.06. The molecule has 0 aliphatic carbocycles. The third kappa shape index (κ3) is 2.41. The van der Waals surface area contributed by atoms with E-state index in [2.05, 4.69) is 13.0 Å².